The van der Waals surface area contributed by atoms with E-state index in [1.54, 1.807) is 7.11 Å². The van der Waals surface area contributed by atoms with Gasteiger partial charge in [-0.15, -0.1) is 0 Å². The molecule has 3 aliphatic rings. The van der Waals surface area contributed by atoms with E-state index in [0.29, 0.717) is 11.3 Å². The van der Waals surface area contributed by atoms with Crippen LogP contribution in [0, 0.1) is 5.92 Å². The number of carbonyl (C=O) groups excluding carboxylic acids is 2. The van der Waals surface area contributed by atoms with Crippen LogP contribution in [0.2, 0.25) is 0 Å². The van der Waals surface area contributed by atoms with E-state index in [-0.39, 0.29) is 11.5 Å². The van der Waals surface area contributed by atoms with Gasteiger partial charge in [0.2, 0.25) is 0 Å². The van der Waals surface area contributed by atoms with E-state index in [9.17, 15) is 9.59 Å². The van der Waals surface area contributed by atoms with Crippen LogP contribution in [0.15, 0.2) is 52.3 Å². The van der Waals surface area contributed by atoms with Gasteiger partial charge in [0, 0.05) is 22.6 Å². The second-order valence-electron chi connectivity index (χ2n) is 8.87. The van der Waals surface area contributed by atoms with Crippen molar-refractivity contribution < 1.29 is 28.5 Å². The highest BCUT2D eigenvalue weighted by atomic mass is 16.5. The topological polar surface area (TPSA) is 71.1 Å². The van der Waals surface area contributed by atoms with Gasteiger partial charge < -0.3 is 18.9 Å². The molecule has 0 saturated heterocycles. The molecule has 2 atom stereocenters. The molecule has 6 nitrogen and oxygen atoms in total. The summed E-state index contributed by atoms with van der Waals surface area (Å²) in [6.45, 7) is 4.00. The summed E-state index contributed by atoms with van der Waals surface area (Å²) < 4.78 is 23.2. The van der Waals surface area contributed by atoms with Gasteiger partial charge in [0.1, 0.15) is 11.5 Å². The third-order valence-electron chi connectivity index (χ3n) is 7.07. The summed E-state index contributed by atoms with van der Waals surface area (Å²) in [6, 6.07) is 7.82. The molecule has 0 amide bonds. The van der Waals surface area contributed by atoms with Crippen LogP contribution in [0.4, 0.5) is 0 Å². The molecule has 6 heteroatoms. The standard InChI is InChI=1S/C27H32O6/c1-6-7-11-19-23(30-3)17-14-10-13-16(17)21(25(28)31-4)22(26(29)32-5)27(2)20-15-9-8-12-18(20)24(19)33-27/h8-9,12,15-16H,6-7,10-11,13-14H2,1-5H3/b22-21+,23-17+,24-19-/t16-,27-/m0/s1. The number of methoxy groups -OCH3 is 3. The maximum absolute atomic E-state index is 13.3. The Morgan fingerprint density at radius 2 is 1.85 bits per heavy atom. The number of carbonyl (C=O) groups is 2. The highest BCUT2D eigenvalue weighted by Crippen LogP contribution is 2.55. The van der Waals surface area contributed by atoms with Gasteiger partial charge in [-0.3, -0.25) is 0 Å². The van der Waals surface area contributed by atoms with Crippen LogP contribution >= 0.6 is 0 Å². The van der Waals surface area contributed by atoms with E-state index in [1.807, 2.05) is 31.2 Å². The van der Waals surface area contributed by atoms with Crippen molar-refractivity contribution >= 4 is 17.7 Å². The van der Waals surface area contributed by atoms with Crippen LogP contribution < -0.4 is 0 Å². The van der Waals surface area contributed by atoms with Gasteiger partial charge in [-0.1, -0.05) is 37.6 Å². The average molecular weight is 453 g/mol. The van der Waals surface area contributed by atoms with Gasteiger partial charge in [0.25, 0.3) is 0 Å². The molecule has 1 fully saturated rings. The highest BCUT2D eigenvalue weighted by molar-refractivity contribution is 6.03. The van der Waals surface area contributed by atoms with E-state index in [2.05, 4.69) is 6.92 Å². The number of rotatable bonds is 6. The zero-order valence-corrected chi connectivity index (χ0v) is 20.1. The van der Waals surface area contributed by atoms with Gasteiger partial charge >= 0.3 is 11.9 Å². The molecule has 33 heavy (non-hydrogen) atoms. The number of esters is 2. The number of hydrogen-bond acceptors (Lipinski definition) is 6. The van der Waals surface area contributed by atoms with Crippen LogP contribution in [-0.2, 0) is 34.1 Å². The molecule has 1 aliphatic carbocycles. The zero-order chi connectivity index (χ0) is 23.8. The van der Waals surface area contributed by atoms with E-state index < -0.39 is 17.5 Å². The van der Waals surface area contributed by atoms with Gasteiger partial charge in [0.15, 0.2) is 5.60 Å². The predicted octanol–water partition coefficient (Wildman–Crippen LogP) is 5.19. The van der Waals surface area contributed by atoms with Crippen LogP contribution in [0.25, 0.3) is 5.76 Å². The van der Waals surface area contributed by atoms with E-state index in [0.717, 1.165) is 66.6 Å². The van der Waals surface area contributed by atoms with Crippen molar-refractivity contribution in [2.45, 2.75) is 58.0 Å². The lowest BCUT2D eigenvalue weighted by Crippen LogP contribution is -2.34. The number of fused-ring (bicyclic) bond motifs is 6. The van der Waals surface area contributed by atoms with Crippen LogP contribution in [0.5, 0.6) is 0 Å². The van der Waals surface area contributed by atoms with Gasteiger partial charge in [0.05, 0.1) is 32.5 Å². The maximum atomic E-state index is 13.3. The first-order valence-electron chi connectivity index (χ1n) is 11.6. The molecule has 0 aromatic heterocycles. The molecule has 1 aromatic rings. The van der Waals surface area contributed by atoms with Crippen LogP contribution in [-0.4, -0.2) is 33.3 Å². The Labute approximate surface area is 195 Å². The summed E-state index contributed by atoms with van der Waals surface area (Å²) in [6.07, 6.45) is 5.16. The molecule has 1 saturated carbocycles. The first-order chi connectivity index (χ1) is 15.9. The minimum atomic E-state index is -1.20. The maximum Gasteiger partial charge on any atom is 0.338 e. The lowest BCUT2D eigenvalue weighted by molar-refractivity contribution is -0.141. The van der Waals surface area contributed by atoms with Gasteiger partial charge in [-0.2, -0.15) is 0 Å². The normalized spacial score (nSPS) is 30.4. The van der Waals surface area contributed by atoms with Crippen molar-refractivity contribution in [3.8, 4) is 0 Å². The minimum Gasteiger partial charge on any atom is -0.496 e. The van der Waals surface area contributed by atoms with Crippen LogP contribution in [0.3, 0.4) is 0 Å². The zero-order valence-electron chi connectivity index (χ0n) is 20.1. The fourth-order valence-electron chi connectivity index (χ4n) is 5.58. The third kappa shape index (κ3) is 3.56. The largest absolute Gasteiger partial charge is 0.496 e. The van der Waals surface area contributed by atoms with Crippen molar-refractivity contribution in [3.63, 3.8) is 0 Å². The number of hydrogen-bond donors (Lipinski definition) is 0. The fraction of sp³-hybridized carbons (Fsp3) is 0.481. The Bertz CT molecular complexity index is 1080. The summed E-state index contributed by atoms with van der Waals surface area (Å²) in [5.41, 5.74) is 3.06. The smallest absolute Gasteiger partial charge is 0.338 e. The lowest BCUT2D eigenvalue weighted by atomic mass is 9.78. The lowest BCUT2D eigenvalue weighted by Gasteiger charge is -2.30. The molecule has 4 rings (SSSR count). The monoisotopic (exact) mass is 452 g/mol. The molecular formula is C27H32O6. The Morgan fingerprint density at radius 1 is 1.12 bits per heavy atom. The number of unbranched alkanes of at least 4 members (excludes halogenated alkanes) is 1. The first-order valence-corrected chi connectivity index (χ1v) is 11.6. The fourth-order valence-corrected chi connectivity index (χ4v) is 5.58. The van der Waals surface area contributed by atoms with Gasteiger partial charge in [-0.05, 0) is 44.6 Å². The van der Waals surface area contributed by atoms with Crippen molar-refractivity contribution in [1.29, 1.82) is 0 Å². The predicted molar refractivity (Wildman–Crippen MR) is 124 cm³/mol. The second-order valence-corrected chi connectivity index (χ2v) is 8.87. The second kappa shape index (κ2) is 9.08. The summed E-state index contributed by atoms with van der Waals surface area (Å²) in [5, 5.41) is 0. The average Bonchev–Trinajstić information content (AvgIpc) is 3.42. The number of allylic oxidation sites excluding steroid dienone is 2. The Balaban J connectivity index is 2.17. The van der Waals surface area contributed by atoms with E-state index >= 15 is 0 Å². The third-order valence-corrected chi connectivity index (χ3v) is 7.07. The highest BCUT2D eigenvalue weighted by Gasteiger charge is 2.52. The quantitative estimate of drug-likeness (QED) is 0.553. The van der Waals surface area contributed by atoms with Crippen molar-refractivity contribution in [1.82, 2.24) is 0 Å². The molecule has 176 valence electrons. The van der Waals surface area contributed by atoms with Crippen molar-refractivity contribution in [2.24, 2.45) is 5.92 Å². The Kier molecular flexibility index (Phi) is 6.37. The number of ether oxygens (including phenoxy) is 4. The molecule has 0 radical (unpaired) electrons. The Morgan fingerprint density at radius 3 is 2.52 bits per heavy atom. The van der Waals surface area contributed by atoms with E-state index in [4.69, 9.17) is 18.9 Å². The summed E-state index contributed by atoms with van der Waals surface area (Å²) in [5.74, 6) is 0.0569. The molecule has 2 heterocycles. The molecule has 2 bridgehead atoms. The van der Waals surface area contributed by atoms with Gasteiger partial charge in [-0.25, -0.2) is 9.59 Å². The summed E-state index contributed by atoms with van der Waals surface area (Å²) in [7, 11) is 4.34. The Hall–Kier alpha value is -3.02. The molecule has 0 spiro atoms. The van der Waals surface area contributed by atoms with Crippen LogP contribution in [0.1, 0.15) is 63.5 Å². The SMILES string of the molecule is CCCCC1=C2/O[C@](C)(/C(C(=O)OC)=C(/C(=O)OC)[C@H]3CCC\C3=C\1OC)c1ccccc12. The van der Waals surface area contributed by atoms with E-state index in [1.165, 1.54) is 14.2 Å². The molecule has 0 N–H and O–H groups in total. The molecule has 0 unspecified atom stereocenters. The first kappa shape index (κ1) is 23.1. The molecular weight excluding hydrogens is 420 g/mol. The molecule has 2 aliphatic heterocycles. The van der Waals surface area contributed by atoms with Crippen molar-refractivity contribution in [2.75, 3.05) is 21.3 Å². The van der Waals surface area contributed by atoms with Crippen molar-refractivity contribution in [3.05, 3.63) is 63.4 Å². The molecule has 1 aromatic carbocycles. The number of benzene rings is 1. The summed E-state index contributed by atoms with van der Waals surface area (Å²) in [4.78, 5) is 26.6. The minimum absolute atomic E-state index is 0.205. The summed E-state index contributed by atoms with van der Waals surface area (Å²) >= 11 is 0.